The summed E-state index contributed by atoms with van der Waals surface area (Å²) in [5.74, 6) is -0.987. The largest absolute Gasteiger partial charge is 0.480 e. The number of guanidine groups is 1. The van der Waals surface area contributed by atoms with Gasteiger partial charge < -0.3 is 22.3 Å². The summed E-state index contributed by atoms with van der Waals surface area (Å²) in [5, 5.41) is 8.38. The Morgan fingerprint density at radius 3 is 1.48 bits per heavy atom. The van der Waals surface area contributed by atoms with Gasteiger partial charge >= 0.3 is 5.97 Å². The molecule has 6 nitrogen and oxygen atoms in total. The lowest BCUT2D eigenvalue weighted by Crippen LogP contribution is -2.30. The molecular formula is C22H50N4O2P+. The van der Waals surface area contributed by atoms with Gasteiger partial charge in [-0.2, -0.15) is 0 Å². The molecule has 0 aliphatic rings. The summed E-state index contributed by atoms with van der Waals surface area (Å²) in [6, 6.07) is -0.820. The van der Waals surface area contributed by atoms with E-state index in [2.05, 4.69) is 32.7 Å². The molecular weight excluding hydrogens is 383 g/mol. The molecule has 0 saturated carbocycles. The summed E-state index contributed by atoms with van der Waals surface area (Å²) >= 11 is 0. The van der Waals surface area contributed by atoms with Gasteiger partial charge in [0.1, 0.15) is 6.04 Å². The van der Waals surface area contributed by atoms with Gasteiger partial charge in [-0.25, -0.2) is 0 Å². The molecule has 0 aromatic heterocycles. The Kier molecular flexibility index (Phi) is 21.3. The third-order valence-electron chi connectivity index (χ3n) is 5.23. The predicted molar refractivity (Wildman–Crippen MR) is 132 cm³/mol. The van der Waals surface area contributed by atoms with E-state index in [1.165, 1.54) is 51.4 Å². The van der Waals surface area contributed by atoms with Gasteiger partial charge in [-0.05, 0) is 38.5 Å². The van der Waals surface area contributed by atoms with Crippen molar-refractivity contribution in [2.75, 3.05) is 31.2 Å². The highest BCUT2D eigenvalue weighted by molar-refractivity contribution is 7.75. The first-order valence-corrected chi connectivity index (χ1v) is 14.2. The van der Waals surface area contributed by atoms with Gasteiger partial charge in [0.2, 0.25) is 0 Å². The van der Waals surface area contributed by atoms with Crippen LogP contribution in [0, 0.1) is 0 Å². The molecule has 0 aliphatic heterocycles. The van der Waals surface area contributed by atoms with E-state index in [1.54, 1.807) is 24.6 Å². The van der Waals surface area contributed by atoms with Crippen molar-refractivity contribution < 1.29 is 9.90 Å². The molecule has 1 atom stereocenters. The predicted octanol–water partition coefficient (Wildman–Crippen LogP) is 4.66. The SMILES string of the molecule is CCCC[P+](CCCC)(CCCC)CCCC.NC(N)=NCCCC(N)C(=O)O. The van der Waals surface area contributed by atoms with Crippen LogP contribution in [0.15, 0.2) is 4.99 Å². The van der Waals surface area contributed by atoms with Gasteiger partial charge in [0.15, 0.2) is 5.96 Å². The Balaban J connectivity index is 0. The van der Waals surface area contributed by atoms with Crippen molar-refractivity contribution in [1.82, 2.24) is 0 Å². The lowest BCUT2D eigenvalue weighted by molar-refractivity contribution is -0.138. The maximum absolute atomic E-state index is 10.2. The Morgan fingerprint density at radius 2 is 1.21 bits per heavy atom. The Morgan fingerprint density at radius 1 is 0.828 bits per heavy atom. The van der Waals surface area contributed by atoms with E-state index in [4.69, 9.17) is 22.3 Å². The molecule has 0 aliphatic carbocycles. The van der Waals surface area contributed by atoms with E-state index in [0.29, 0.717) is 19.4 Å². The summed E-state index contributed by atoms with van der Waals surface area (Å²) in [4.78, 5) is 13.9. The third kappa shape index (κ3) is 18.9. The molecule has 0 bridgehead atoms. The smallest absolute Gasteiger partial charge is 0.320 e. The molecule has 0 rings (SSSR count). The molecule has 1 unspecified atom stereocenters. The van der Waals surface area contributed by atoms with Crippen LogP contribution in [-0.4, -0.2) is 54.3 Å². The van der Waals surface area contributed by atoms with Crippen molar-refractivity contribution in [3.8, 4) is 0 Å². The molecule has 0 amide bonds. The van der Waals surface area contributed by atoms with Crippen LogP contribution in [0.5, 0.6) is 0 Å². The molecule has 0 radical (unpaired) electrons. The molecule has 29 heavy (non-hydrogen) atoms. The Hall–Kier alpha value is -0.870. The monoisotopic (exact) mass is 433 g/mol. The number of carbonyl (C=O) groups is 1. The zero-order chi connectivity index (χ0) is 22.5. The number of hydrogen-bond donors (Lipinski definition) is 4. The van der Waals surface area contributed by atoms with Crippen molar-refractivity contribution in [1.29, 1.82) is 0 Å². The van der Waals surface area contributed by atoms with Crippen LogP contribution in [0.2, 0.25) is 0 Å². The second-order valence-corrected chi connectivity index (χ2v) is 12.5. The lowest BCUT2D eigenvalue weighted by Gasteiger charge is -2.28. The number of carboxylic acid groups (broad SMARTS) is 1. The molecule has 7 N–H and O–H groups in total. The van der Waals surface area contributed by atoms with E-state index in [0.717, 1.165) is 0 Å². The van der Waals surface area contributed by atoms with Gasteiger partial charge in [0.25, 0.3) is 0 Å². The number of unbranched alkanes of at least 4 members (excludes halogenated alkanes) is 4. The number of rotatable bonds is 17. The van der Waals surface area contributed by atoms with Crippen LogP contribution < -0.4 is 17.2 Å². The van der Waals surface area contributed by atoms with Crippen molar-refractivity contribution in [3.63, 3.8) is 0 Å². The second-order valence-electron chi connectivity index (χ2n) is 8.04. The Labute approximate surface area is 180 Å². The van der Waals surface area contributed by atoms with E-state index >= 15 is 0 Å². The van der Waals surface area contributed by atoms with Crippen LogP contribution in [0.1, 0.15) is 91.9 Å². The summed E-state index contributed by atoms with van der Waals surface area (Å²) in [6.07, 6.45) is 18.9. The fourth-order valence-electron chi connectivity index (χ4n) is 3.29. The van der Waals surface area contributed by atoms with Gasteiger partial charge in [-0.3, -0.25) is 9.79 Å². The minimum absolute atomic E-state index is 0.0129. The fraction of sp³-hybridized carbons (Fsp3) is 0.909. The van der Waals surface area contributed by atoms with Gasteiger partial charge in [-0.1, -0.05) is 53.4 Å². The van der Waals surface area contributed by atoms with Crippen LogP contribution in [0.4, 0.5) is 0 Å². The lowest BCUT2D eigenvalue weighted by atomic mass is 10.2. The van der Waals surface area contributed by atoms with E-state index < -0.39 is 19.3 Å². The number of nitrogens with zero attached hydrogens (tertiary/aromatic N) is 1. The molecule has 174 valence electrons. The van der Waals surface area contributed by atoms with Gasteiger partial charge in [-0.15, -0.1) is 0 Å². The number of nitrogens with two attached hydrogens (primary N) is 3. The first kappa shape index (κ1) is 30.3. The average Bonchev–Trinajstić information content (AvgIpc) is 2.70. The highest BCUT2D eigenvalue weighted by Gasteiger charge is 2.34. The van der Waals surface area contributed by atoms with Crippen molar-refractivity contribution in [2.45, 2.75) is 97.9 Å². The quantitative estimate of drug-likeness (QED) is 0.115. The van der Waals surface area contributed by atoms with E-state index in [1.807, 2.05) is 0 Å². The van der Waals surface area contributed by atoms with Crippen LogP contribution >= 0.6 is 7.26 Å². The maximum Gasteiger partial charge on any atom is 0.320 e. The topological polar surface area (TPSA) is 128 Å². The van der Waals surface area contributed by atoms with E-state index in [9.17, 15) is 4.79 Å². The van der Waals surface area contributed by atoms with Crippen molar-refractivity contribution in [3.05, 3.63) is 0 Å². The Bertz CT molecular complexity index is 378. The minimum Gasteiger partial charge on any atom is -0.480 e. The van der Waals surface area contributed by atoms with Crippen LogP contribution in [-0.2, 0) is 4.79 Å². The van der Waals surface area contributed by atoms with Gasteiger partial charge in [0.05, 0.1) is 24.6 Å². The fourth-order valence-corrected chi connectivity index (χ4v) is 8.58. The molecule has 0 saturated heterocycles. The van der Waals surface area contributed by atoms with Crippen molar-refractivity contribution >= 4 is 19.2 Å². The first-order valence-electron chi connectivity index (χ1n) is 11.7. The summed E-state index contributed by atoms with van der Waals surface area (Å²) < 4.78 is 0. The third-order valence-corrected chi connectivity index (χ3v) is 10.3. The number of hydrogen-bond acceptors (Lipinski definition) is 3. The summed E-state index contributed by atoms with van der Waals surface area (Å²) in [6.45, 7) is 9.84. The maximum atomic E-state index is 10.2. The molecule has 7 heteroatoms. The first-order chi connectivity index (χ1) is 13.8. The normalized spacial score (nSPS) is 12.0. The molecule has 0 heterocycles. The number of aliphatic carboxylic acids is 1. The summed E-state index contributed by atoms with van der Waals surface area (Å²) in [7, 11) is -0.562. The molecule has 0 aromatic rings. The average molecular weight is 434 g/mol. The van der Waals surface area contributed by atoms with Crippen LogP contribution in [0.3, 0.4) is 0 Å². The highest BCUT2D eigenvalue weighted by Crippen LogP contribution is 2.61. The van der Waals surface area contributed by atoms with Gasteiger partial charge in [0, 0.05) is 13.8 Å². The minimum atomic E-state index is -1.00. The standard InChI is InChI=1S/C16H36P.C6H14N4O2/c1-5-9-13-17(14-10-6-2,15-11-7-3)16-12-8-4;7-4(5(11)12)2-1-3-10-6(8)9/h5-16H2,1-4H3;4H,1-3,7H2,(H,11,12)(H4,8,9,10)/q+1;. The number of aliphatic imine (C=N–C) groups is 1. The zero-order valence-electron chi connectivity index (χ0n) is 19.7. The highest BCUT2D eigenvalue weighted by atomic mass is 31.2. The number of carboxylic acids is 1. The summed E-state index contributed by atoms with van der Waals surface area (Å²) in [5.41, 5.74) is 15.3. The molecule has 0 fully saturated rings. The molecule has 0 spiro atoms. The molecule has 0 aromatic carbocycles. The van der Waals surface area contributed by atoms with E-state index in [-0.39, 0.29) is 5.96 Å². The zero-order valence-corrected chi connectivity index (χ0v) is 20.6. The van der Waals surface area contributed by atoms with Crippen LogP contribution in [0.25, 0.3) is 0 Å². The second kappa shape index (κ2) is 20.4. The van der Waals surface area contributed by atoms with Crippen molar-refractivity contribution in [2.24, 2.45) is 22.2 Å².